The largest absolute Gasteiger partial charge is 0.490 e. The van der Waals surface area contributed by atoms with Crippen LogP contribution in [-0.2, 0) is 7.05 Å². The Morgan fingerprint density at radius 3 is 2.74 bits per heavy atom. The Hall–Kier alpha value is -3.39. The summed E-state index contributed by atoms with van der Waals surface area (Å²) in [6, 6.07) is 7.86. The third kappa shape index (κ3) is 3.86. The second-order valence-electron chi connectivity index (χ2n) is 9.69. The summed E-state index contributed by atoms with van der Waals surface area (Å²) in [6.07, 6.45) is 8.60. The van der Waals surface area contributed by atoms with E-state index in [9.17, 15) is 4.79 Å². The topological polar surface area (TPSA) is 74.4 Å². The van der Waals surface area contributed by atoms with Crippen LogP contribution in [0.5, 0.6) is 11.6 Å². The van der Waals surface area contributed by atoms with E-state index in [0.29, 0.717) is 19.1 Å². The van der Waals surface area contributed by atoms with E-state index >= 15 is 0 Å². The van der Waals surface area contributed by atoms with Gasteiger partial charge in [0.25, 0.3) is 0 Å². The average Bonchev–Trinajstić information content (AvgIpc) is 3.05. The molecular weight excluding hydrogens is 442 g/mol. The summed E-state index contributed by atoms with van der Waals surface area (Å²) in [5.74, 6) is 1.39. The number of ether oxygens (including phenoxy) is 2. The average molecular weight is 474 g/mol. The van der Waals surface area contributed by atoms with Gasteiger partial charge in [-0.3, -0.25) is 14.1 Å². The summed E-state index contributed by atoms with van der Waals surface area (Å²) in [5, 5.41) is 0.875. The standard InChI is InChI=1S/C27H31N5O3/c1-18-17-35-26-20(8-9-21-24(26)25-22(16-28-21)30(2)27(33)32(18)25)19-7-10-23(29-15-19)34-14-6-13-31-11-4-3-5-12-31/h7-10,15-16,18H,3-6,11-14,17H2,1-2H3/t18-/m1/s1. The minimum atomic E-state index is -0.0871. The van der Waals surface area contributed by atoms with E-state index in [0.717, 1.165) is 51.8 Å². The van der Waals surface area contributed by atoms with Crippen molar-refractivity contribution < 1.29 is 9.47 Å². The molecule has 0 amide bonds. The van der Waals surface area contributed by atoms with Gasteiger partial charge < -0.3 is 14.4 Å². The highest BCUT2D eigenvalue weighted by Crippen LogP contribution is 2.42. The highest BCUT2D eigenvalue weighted by Gasteiger charge is 2.26. The lowest BCUT2D eigenvalue weighted by molar-refractivity contribution is 0.203. The lowest BCUT2D eigenvalue weighted by Crippen LogP contribution is -2.31. The monoisotopic (exact) mass is 473 g/mol. The number of imidazole rings is 1. The molecule has 0 unspecified atom stereocenters. The third-order valence-corrected chi connectivity index (χ3v) is 7.31. The number of hydrogen-bond donors (Lipinski definition) is 0. The molecule has 1 fully saturated rings. The highest BCUT2D eigenvalue weighted by molar-refractivity contribution is 6.09. The molecule has 1 aromatic carbocycles. The number of nitrogens with zero attached hydrogens (tertiary/aromatic N) is 5. The molecule has 8 heteroatoms. The van der Waals surface area contributed by atoms with Crippen molar-refractivity contribution in [1.29, 1.82) is 0 Å². The van der Waals surface area contributed by atoms with Crippen LogP contribution in [0.3, 0.4) is 0 Å². The van der Waals surface area contributed by atoms with Crippen LogP contribution in [0, 0.1) is 0 Å². The van der Waals surface area contributed by atoms with Crippen molar-refractivity contribution in [3.05, 3.63) is 47.1 Å². The molecule has 0 radical (unpaired) electrons. The molecule has 0 bridgehead atoms. The van der Waals surface area contributed by atoms with Gasteiger partial charge in [0.15, 0.2) is 0 Å². The van der Waals surface area contributed by atoms with Gasteiger partial charge in [-0.05, 0) is 57.5 Å². The lowest BCUT2D eigenvalue weighted by Gasteiger charge is -2.26. The van der Waals surface area contributed by atoms with E-state index in [1.807, 2.05) is 42.0 Å². The van der Waals surface area contributed by atoms with Crippen molar-refractivity contribution in [3.8, 4) is 22.8 Å². The zero-order valence-electron chi connectivity index (χ0n) is 20.4. The number of pyridine rings is 2. The number of hydrogen-bond acceptors (Lipinski definition) is 6. The number of likely N-dealkylation sites (tertiary alicyclic amines) is 1. The first-order valence-corrected chi connectivity index (χ1v) is 12.6. The van der Waals surface area contributed by atoms with Crippen molar-refractivity contribution in [2.45, 2.75) is 38.6 Å². The lowest BCUT2D eigenvalue weighted by atomic mass is 10.0. The zero-order chi connectivity index (χ0) is 23.9. The first-order chi connectivity index (χ1) is 17.1. The molecule has 6 rings (SSSR count). The fourth-order valence-corrected chi connectivity index (χ4v) is 5.42. The van der Waals surface area contributed by atoms with Crippen LogP contribution in [0.25, 0.3) is 33.1 Å². The van der Waals surface area contributed by atoms with E-state index in [-0.39, 0.29) is 11.7 Å². The molecular formula is C27H31N5O3. The van der Waals surface area contributed by atoms with Crippen molar-refractivity contribution in [2.75, 3.05) is 32.8 Å². The summed E-state index contributed by atoms with van der Waals surface area (Å²) in [6.45, 7) is 6.59. The van der Waals surface area contributed by atoms with Crippen LogP contribution in [0.1, 0.15) is 38.6 Å². The van der Waals surface area contributed by atoms with Crippen LogP contribution in [-0.4, -0.2) is 56.9 Å². The highest BCUT2D eigenvalue weighted by atomic mass is 16.5. The van der Waals surface area contributed by atoms with Crippen LogP contribution >= 0.6 is 0 Å². The number of aryl methyl sites for hydroxylation is 1. The van der Waals surface area contributed by atoms with E-state index < -0.39 is 0 Å². The van der Waals surface area contributed by atoms with Gasteiger partial charge in [-0.2, -0.15) is 0 Å². The Bertz CT molecular complexity index is 1430. The Labute approximate surface area is 204 Å². The molecule has 2 aliphatic rings. The maximum absolute atomic E-state index is 13.0. The molecule has 3 aromatic heterocycles. The molecule has 4 aromatic rings. The van der Waals surface area contributed by atoms with E-state index in [1.54, 1.807) is 17.8 Å². The van der Waals surface area contributed by atoms with Crippen LogP contribution in [0.15, 0.2) is 41.5 Å². The predicted molar refractivity (Wildman–Crippen MR) is 136 cm³/mol. The Morgan fingerprint density at radius 2 is 1.94 bits per heavy atom. The van der Waals surface area contributed by atoms with Gasteiger partial charge in [0.2, 0.25) is 5.88 Å². The Morgan fingerprint density at radius 1 is 1.09 bits per heavy atom. The number of aromatic nitrogens is 4. The fraction of sp³-hybridized carbons (Fsp3) is 0.444. The SMILES string of the molecule is C[C@@H]1COc2c(-c3ccc(OCCCN4CCCCC4)nc3)ccc3ncc4c(c23)n1c(=O)n4C. The quantitative estimate of drug-likeness (QED) is 0.392. The minimum absolute atomic E-state index is 0.0490. The van der Waals surface area contributed by atoms with Crippen molar-refractivity contribution in [2.24, 2.45) is 7.05 Å². The number of piperidine rings is 1. The zero-order valence-corrected chi connectivity index (χ0v) is 20.4. The fourth-order valence-electron chi connectivity index (χ4n) is 5.42. The molecule has 8 nitrogen and oxygen atoms in total. The number of rotatable bonds is 6. The molecule has 35 heavy (non-hydrogen) atoms. The maximum atomic E-state index is 13.0. The maximum Gasteiger partial charge on any atom is 0.329 e. The van der Waals surface area contributed by atoms with Crippen molar-refractivity contribution in [3.63, 3.8) is 0 Å². The van der Waals surface area contributed by atoms with Crippen LogP contribution < -0.4 is 15.2 Å². The van der Waals surface area contributed by atoms with E-state index in [4.69, 9.17) is 9.47 Å². The molecule has 1 atom stereocenters. The number of benzene rings is 1. The molecule has 0 spiro atoms. The minimum Gasteiger partial charge on any atom is -0.490 e. The normalized spacial score (nSPS) is 18.2. The van der Waals surface area contributed by atoms with Gasteiger partial charge in [-0.25, -0.2) is 9.78 Å². The molecule has 1 saturated heterocycles. The van der Waals surface area contributed by atoms with Gasteiger partial charge in [-0.1, -0.05) is 6.42 Å². The molecule has 182 valence electrons. The summed E-state index contributed by atoms with van der Waals surface area (Å²) >= 11 is 0. The molecule has 0 aliphatic carbocycles. The van der Waals surface area contributed by atoms with Gasteiger partial charge >= 0.3 is 5.69 Å². The first kappa shape index (κ1) is 22.1. The second kappa shape index (κ2) is 9.00. The van der Waals surface area contributed by atoms with Crippen LogP contribution in [0.2, 0.25) is 0 Å². The summed E-state index contributed by atoms with van der Waals surface area (Å²) in [7, 11) is 1.79. The van der Waals surface area contributed by atoms with Gasteiger partial charge in [0.05, 0.1) is 40.8 Å². The Balaban J connectivity index is 1.28. The van der Waals surface area contributed by atoms with E-state index in [2.05, 4.69) is 14.9 Å². The van der Waals surface area contributed by atoms with Gasteiger partial charge in [-0.15, -0.1) is 0 Å². The van der Waals surface area contributed by atoms with Gasteiger partial charge in [0, 0.05) is 37.0 Å². The summed E-state index contributed by atoms with van der Waals surface area (Å²) < 4.78 is 15.7. The summed E-state index contributed by atoms with van der Waals surface area (Å²) in [5.41, 5.74) is 4.33. The Kier molecular flexibility index (Phi) is 5.68. The second-order valence-corrected chi connectivity index (χ2v) is 9.69. The van der Waals surface area contributed by atoms with E-state index in [1.165, 1.54) is 32.4 Å². The van der Waals surface area contributed by atoms with Crippen molar-refractivity contribution >= 4 is 21.9 Å². The predicted octanol–water partition coefficient (Wildman–Crippen LogP) is 4.16. The van der Waals surface area contributed by atoms with Gasteiger partial charge in [0.1, 0.15) is 12.4 Å². The molecule has 5 heterocycles. The molecule has 0 saturated carbocycles. The molecule has 2 aliphatic heterocycles. The third-order valence-electron chi connectivity index (χ3n) is 7.31. The first-order valence-electron chi connectivity index (χ1n) is 12.6. The van der Waals surface area contributed by atoms with Crippen molar-refractivity contribution in [1.82, 2.24) is 24.0 Å². The smallest absolute Gasteiger partial charge is 0.329 e. The summed E-state index contributed by atoms with van der Waals surface area (Å²) in [4.78, 5) is 24.7. The molecule has 0 N–H and O–H groups in total. The van der Waals surface area contributed by atoms with Crippen LogP contribution in [0.4, 0.5) is 0 Å².